The fourth-order valence-corrected chi connectivity index (χ4v) is 3.93. The van der Waals surface area contributed by atoms with Gasteiger partial charge in [0.05, 0.1) is 12.1 Å². The molecular formula is C26H34BrN3O3. The number of halogens is 1. The summed E-state index contributed by atoms with van der Waals surface area (Å²) in [4.78, 5) is 13.6. The lowest BCUT2D eigenvalue weighted by Crippen LogP contribution is -2.34. The lowest BCUT2D eigenvalue weighted by Gasteiger charge is -2.24. The number of carbonyl (C=O) groups excluding carboxylic acids is 1. The van der Waals surface area contributed by atoms with Gasteiger partial charge in [0.25, 0.3) is 0 Å². The predicted octanol–water partition coefficient (Wildman–Crippen LogP) is 6.81. The third kappa shape index (κ3) is 7.22. The molecule has 0 atom stereocenters. The summed E-state index contributed by atoms with van der Waals surface area (Å²) in [6, 6.07) is 14.4. The third-order valence-corrected chi connectivity index (χ3v) is 5.80. The van der Waals surface area contributed by atoms with Gasteiger partial charge in [0, 0.05) is 36.1 Å². The molecule has 178 valence electrons. The topological polar surface area (TPSA) is 56.6 Å². The van der Waals surface area contributed by atoms with Crippen molar-refractivity contribution < 1.29 is 14.3 Å². The number of hydrogen-bond donors (Lipinski definition) is 0. The van der Waals surface area contributed by atoms with E-state index in [2.05, 4.69) is 40.2 Å². The number of carbonyl (C=O) groups is 1. The molecule has 0 saturated heterocycles. The van der Waals surface area contributed by atoms with Crippen molar-refractivity contribution in [2.75, 3.05) is 20.2 Å². The number of fused-ring (bicyclic) bond motifs is 1. The average molecular weight is 516 g/mol. The number of benzene rings is 2. The van der Waals surface area contributed by atoms with Crippen molar-refractivity contribution in [2.24, 2.45) is 7.05 Å². The molecule has 7 heteroatoms. The van der Waals surface area contributed by atoms with Crippen molar-refractivity contribution in [3.8, 4) is 17.0 Å². The molecule has 0 radical (unpaired) electrons. The number of aromatic nitrogens is 2. The largest absolute Gasteiger partial charge is 0.494 e. The Morgan fingerprint density at radius 2 is 1.76 bits per heavy atom. The van der Waals surface area contributed by atoms with Crippen LogP contribution in [0.2, 0.25) is 0 Å². The molecule has 0 spiro atoms. The van der Waals surface area contributed by atoms with Gasteiger partial charge in [-0.25, -0.2) is 4.79 Å². The van der Waals surface area contributed by atoms with E-state index in [1.807, 2.05) is 50.7 Å². The molecule has 0 unspecified atom stereocenters. The van der Waals surface area contributed by atoms with E-state index in [4.69, 9.17) is 14.6 Å². The molecule has 3 rings (SSSR count). The number of unbranched alkanes of at least 4 members (excludes halogenated alkanes) is 3. The monoisotopic (exact) mass is 515 g/mol. The van der Waals surface area contributed by atoms with Gasteiger partial charge in [-0.2, -0.15) is 5.10 Å². The number of hydrogen-bond acceptors (Lipinski definition) is 4. The summed E-state index contributed by atoms with van der Waals surface area (Å²) >= 11 is 3.53. The molecule has 6 nitrogen and oxygen atoms in total. The standard InChI is InChI=1S/C26H34BrN3O3/c1-26(2,3)33-25(31)29(4)16-8-6-7-9-17-32-21-13-10-19(11-14-21)24-22-15-12-20(27)18-23(22)30(5)28-24/h10-15,18H,6-9,16-17H2,1-5H3. The molecule has 0 bridgehead atoms. The highest BCUT2D eigenvalue weighted by Crippen LogP contribution is 2.30. The molecule has 3 aromatic rings. The van der Waals surface area contributed by atoms with Crippen LogP contribution in [0.5, 0.6) is 5.75 Å². The zero-order chi connectivity index (χ0) is 24.0. The Labute approximate surface area is 205 Å². The van der Waals surface area contributed by atoms with Crippen LogP contribution < -0.4 is 4.74 Å². The second kappa shape index (κ2) is 11.1. The highest BCUT2D eigenvalue weighted by molar-refractivity contribution is 9.10. The minimum Gasteiger partial charge on any atom is -0.494 e. The lowest BCUT2D eigenvalue weighted by atomic mass is 10.1. The van der Waals surface area contributed by atoms with Crippen molar-refractivity contribution in [2.45, 2.75) is 52.1 Å². The van der Waals surface area contributed by atoms with E-state index in [9.17, 15) is 4.79 Å². The predicted molar refractivity (Wildman–Crippen MR) is 137 cm³/mol. The second-order valence-electron chi connectivity index (χ2n) is 9.32. The van der Waals surface area contributed by atoms with Gasteiger partial charge in [0.15, 0.2) is 0 Å². The van der Waals surface area contributed by atoms with Gasteiger partial charge in [0.1, 0.15) is 17.0 Å². The van der Waals surface area contributed by atoms with Crippen LogP contribution in [0.15, 0.2) is 46.9 Å². The Balaban J connectivity index is 1.39. The van der Waals surface area contributed by atoms with E-state index in [0.717, 1.165) is 58.1 Å². The first-order chi connectivity index (χ1) is 15.6. The molecule has 1 aromatic heterocycles. The highest BCUT2D eigenvalue weighted by atomic mass is 79.9. The first-order valence-electron chi connectivity index (χ1n) is 11.4. The summed E-state index contributed by atoms with van der Waals surface area (Å²) in [7, 11) is 3.75. The van der Waals surface area contributed by atoms with Crippen LogP contribution in [0.25, 0.3) is 22.2 Å². The van der Waals surface area contributed by atoms with Crippen LogP contribution in [-0.4, -0.2) is 46.6 Å². The van der Waals surface area contributed by atoms with Crippen LogP contribution >= 0.6 is 15.9 Å². The molecule has 2 aromatic carbocycles. The molecular weight excluding hydrogens is 482 g/mol. The number of amides is 1. The molecule has 0 fully saturated rings. The normalized spacial score (nSPS) is 11.6. The summed E-state index contributed by atoms with van der Waals surface area (Å²) in [5, 5.41) is 5.83. The minimum absolute atomic E-state index is 0.263. The summed E-state index contributed by atoms with van der Waals surface area (Å²) in [5.41, 5.74) is 2.69. The van der Waals surface area contributed by atoms with E-state index in [1.165, 1.54) is 0 Å². The van der Waals surface area contributed by atoms with Crippen molar-refractivity contribution in [1.29, 1.82) is 0 Å². The summed E-state index contributed by atoms with van der Waals surface area (Å²) < 4.78 is 14.2. The Bertz CT molecular complexity index is 1070. The third-order valence-electron chi connectivity index (χ3n) is 5.30. The average Bonchev–Trinajstić information content (AvgIpc) is 3.08. The van der Waals surface area contributed by atoms with Crippen molar-refractivity contribution in [1.82, 2.24) is 14.7 Å². The number of rotatable bonds is 9. The first kappa shape index (κ1) is 25.1. The maximum Gasteiger partial charge on any atom is 0.410 e. The van der Waals surface area contributed by atoms with Gasteiger partial charge < -0.3 is 14.4 Å². The summed E-state index contributed by atoms with van der Waals surface area (Å²) in [5.74, 6) is 0.867. The van der Waals surface area contributed by atoms with Gasteiger partial charge in [-0.3, -0.25) is 4.68 Å². The van der Waals surface area contributed by atoms with Gasteiger partial charge in [-0.15, -0.1) is 0 Å². The number of ether oxygens (including phenoxy) is 2. The lowest BCUT2D eigenvalue weighted by molar-refractivity contribution is 0.0296. The van der Waals surface area contributed by atoms with E-state index >= 15 is 0 Å². The van der Waals surface area contributed by atoms with E-state index < -0.39 is 5.60 Å². The quantitative estimate of drug-likeness (QED) is 0.293. The Morgan fingerprint density at radius 3 is 2.45 bits per heavy atom. The Kier molecular flexibility index (Phi) is 8.40. The van der Waals surface area contributed by atoms with Gasteiger partial charge >= 0.3 is 6.09 Å². The molecule has 0 aliphatic heterocycles. The smallest absolute Gasteiger partial charge is 0.410 e. The van der Waals surface area contributed by atoms with Gasteiger partial charge in [0.2, 0.25) is 0 Å². The molecule has 33 heavy (non-hydrogen) atoms. The second-order valence-corrected chi connectivity index (χ2v) is 10.2. The zero-order valence-corrected chi connectivity index (χ0v) is 21.8. The van der Waals surface area contributed by atoms with Crippen LogP contribution in [0.4, 0.5) is 4.79 Å². The van der Waals surface area contributed by atoms with Gasteiger partial charge in [-0.05, 0) is 76.1 Å². The Hall–Kier alpha value is -2.54. The van der Waals surface area contributed by atoms with Crippen LogP contribution in [-0.2, 0) is 11.8 Å². The summed E-state index contributed by atoms with van der Waals surface area (Å²) in [6.07, 6.45) is 3.80. The highest BCUT2D eigenvalue weighted by Gasteiger charge is 2.19. The van der Waals surface area contributed by atoms with Crippen LogP contribution in [0.3, 0.4) is 0 Å². The zero-order valence-electron chi connectivity index (χ0n) is 20.2. The molecule has 0 saturated carbocycles. The molecule has 0 N–H and O–H groups in total. The van der Waals surface area contributed by atoms with E-state index in [0.29, 0.717) is 13.2 Å². The number of nitrogens with zero attached hydrogens (tertiary/aromatic N) is 3. The van der Waals surface area contributed by atoms with Crippen molar-refractivity contribution in [3.63, 3.8) is 0 Å². The summed E-state index contributed by atoms with van der Waals surface area (Å²) in [6.45, 7) is 7.03. The van der Waals surface area contributed by atoms with E-state index in [-0.39, 0.29) is 6.09 Å². The molecule has 0 aliphatic carbocycles. The Morgan fingerprint density at radius 1 is 1.06 bits per heavy atom. The van der Waals surface area contributed by atoms with Crippen molar-refractivity contribution >= 4 is 32.9 Å². The molecule has 1 heterocycles. The van der Waals surface area contributed by atoms with Crippen LogP contribution in [0, 0.1) is 0 Å². The fraction of sp³-hybridized carbons (Fsp3) is 0.462. The van der Waals surface area contributed by atoms with Crippen LogP contribution in [0.1, 0.15) is 46.5 Å². The minimum atomic E-state index is -0.455. The SMILES string of the molecule is CN(CCCCCCOc1ccc(-c2nn(C)c3cc(Br)ccc23)cc1)C(=O)OC(C)(C)C. The van der Waals surface area contributed by atoms with Crippen molar-refractivity contribution in [3.05, 3.63) is 46.9 Å². The fourth-order valence-electron chi connectivity index (χ4n) is 3.58. The molecule has 0 aliphatic rings. The maximum atomic E-state index is 12.0. The first-order valence-corrected chi connectivity index (χ1v) is 12.2. The molecule has 1 amide bonds. The maximum absolute atomic E-state index is 12.0. The van der Waals surface area contributed by atoms with E-state index in [1.54, 1.807) is 11.9 Å². The number of aryl methyl sites for hydroxylation is 1. The van der Waals surface area contributed by atoms with Gasteiger partial charge in [-0.1, -0.05) is 28.8 Å².